The van der Waals surface area contributed by atoms with Crippen LogP contribution in [0.2, 0.25) is 0 Å². The molecule has 1 fully saturated rings. The van der Waals surface area contributed by atoms with Crippen LogP contribution in [0.5, 0.6) is 0 Å². The molecule has 0 aromatic carbocycles. The van der Waals surface area contributed by atoms with Crippen LogP contribution in [-0.4, -0.2) is 53.8 Å². The van der Waals surface area contributed by atoms with Crippen molar-refractivity contribution in [3.05, 3.63) is 30.1 Å². The zero-order valence-electron chi connectivity index (χ0n) is 25.7. The van der Waals surface area contributed by atoms with Crippen molar-refractivity contribution < 1.29 is 28.6 Å². The number of ether oxygens (including phenoxy) is 3. The molecule has 1 saturated heterocycles. The number of hydrogen-bond acceptors (Lipinski definition) is 7. The second-order valence-corrected chi connectivity index (χ2v) is 11.4. The smallest absolute Gasteiger partial charge is 0.416 e. The average Bonchev–Trinajstić information content (AvgIpc) is 3.46. The second kappa shape index (κ2) is 22.2. The van der Waals surface area contributed by atoms with Crippen LogP contribution in [0.4, 0.5) is 4.79 Å². The Morgan fingerprint density at radius 1 is 0.854 bits per heavy atom. The number of pyridine rings is 1. The highest BCUT2D eigenvalue weighted by Crippen LogP contribution is 2.22. The molecule has 1 aliphatic heterocycles. The first-order valence-electron chi connectivity index (χ1n) is 16.1. The SMILES string of the molecule is CCCCCCCCCCCCCCCCCCOC(=O)[C@@H]1C[C@@H](COC(=O)N(Cc2ccccn2)C(C)=O)CO1. The summed E-state index contributed by atoms with van der Waals surface area (Å²) in [4.78, 5) is 41.9. The Bertz CT molecular complexity index is 849. The molecule has 8 heteroatoms. The van der Waals surface area contributed by atoms with E-state index in [-0.39, 0.29) is 25.0 Å². The molecule has 2 heterocycles. The molecule has 0 radical (unpaired) electrons. The van der Waals surface area contributed by atoms with E-state index in [0.717, 1.165) is 17.7 Å². The number of nitrogens with zero attached hydrogens (tertiary/aromatic N) is 2. The number of aromatic nitrogens is 1. The van der Waals surface area contributed by atoms with Crippen LogP contribution < -0.4 is 0 Å². The van der Waals surface area contributed by atoms with Crippen LogP contribution in [0.25, 0.3) is 0 Å². The first-order valence-corrected chi connectivity index (χ1v) is 16.1. The Morgan fingerprint density at radius 3 is 1.98 bits per heavy atom. The van der Waals surface area contributed by atoms with E-state index in [2.05, 4.69) is 11.9 Å². The van der Waals surface area contributed by atoms with Crippen molar-refractivity contribution in [1.29, 1.82) is 0 Å². The number of rotatable bonds is 22. The fourth-order valence-electron chi connectivity index (χ4n) is 5.11. The van der Waals surface area contributed by atoms with Gasteiger partial charge in [0.1, 0.15) is 0 Å². The van der Waals surface area contributed by atoms with Crippen molar-refractivity contribution in [1.82, 2.24) is 9.88 Å². The molecule has 2 atom stereocenters. The van der Waals surface area contributed by atoms with E-state index in [4.69, 9.17) is 14.2 Å². The summed E-state index contributed by atoms with van der Waals surface area (Å²) in [6.07, 6.45) is 21.6. The summed E-state index contributed by atoms with van der Waals surface area (Å²) in [5.74, 6) is -0.880. The van der Waals surface area contributed by atoms with Gasteiger partial charge in [0.15, 0.2) is 6.10 Å². The quantitative estimate of drug-likeness (QED) is 0.103. The van der Waals surface area contributed by atoms with E-state index in [1.807, 2.05) is 0 Å². The van der Waals surface area contributed by atoms with Gasteiger partial charge in [0.2, 0.25) is 5.91 Å². The first kappa shape index (κ1) is 34.7. The molecule has 1 aromatic rings. The number of imide groups is 1. The van der Waals surface area contributed by atoms with E-state index in [1.54, 1.807) is 24.4 Å². The van der Waals surface area contributed by atoms with Gasteiger partial charge in [-0.2, -0.15) is 0 Å². The van der Waals surface area contributed by atoms with Gasteiger partial charge in [-0.25, -0.2) is 14.5 Å². The topological polar surface area (TPSA) is 95.0 Å². The van der Waals surface area contributed by atoms with Crippen LogP contribution in [-0.2, 0) is 30.3 Å². The van der Waals surface area contributed by atoms with Crippen LogP contribution in [0, 0.1) is 5.92 Å². The monoisotopic (exact) mass is 574 g/mol. The second-order valence-electron chi connectivity index (χ2n) is 11.4. The molecule has 232 valence electrons. The van der Waals surface area contributed by atoms with Crippen molar-refractivity contribution >= 4 is 18.0 Å². The zero-order chi connectivity index (χ0) is 29.5. The predicted octanol–water partition coefficient (Wildman–Crippen LogP) is 7.78. The van der Waals surface area contributed by atoms with Crippen LogP contribution in [0.3, 0.4) is 0 Å². The normalized spacial score (nSPS) is 16.4. The van der Waals surface area contributed by atoms with E-state index in [1.165, 1.54) is 96.8 Å². The highest BCUT2D eigenvalue weighted by molar-refractivity contribution is 5.90. The van der Waals surface area contributed by atoms with Crippen molar-refractivity contribution in [2.24, 2.45) is 5.92 Å². The summed E-state index contributed by atoms with van der Waals surface area (Å²) in [7, 11) is 0. The molecule has 0 N–H and O–H groups in total. The molecular formula is C33H54N2O6. The Morgan fingerprint density at radius 2 is 1.44 bits per heavy atom. The molecule has 1 aromatic heterocycles. The molecule has 2 amide bonds. The summed E-state index contributed by atoms with van der Waals surface area (Å²) in [6.45, 7) is 4.43. The number of esters is 1. The van der Waals surface area contributed by atoms with Crippen LogP contribution >= 0.6 is 0 Å². The minimum atomic E-state index is -0.724. The lowest BCUT2D eigenvalue weighted by Gasteiger charge is -2.19. The number of carbonyl (C=O) groups excluding carboxylic acids is 3. The number of carbonyl (C=O) groups is 3. The zero-order valence-corrected chi connectivity index (χ0v) is 25.7. The van der Waals surface area contributed by atoms with Gasteiger partial charge >= 0.3 is 12.1 Å². The molecule has 8 nitrogen and oxygen atoms in total. The fraction of sp³-hybridized carbons (Fsp3) is 0.758. The Labute approximate surface area is 247 Å². The van der Waals surface area contributed by atoms with Gasteiger partial charge < -0.3 is 14.2 Å². The van der Waals surface area contributed by atoms with E-state index < -0.39 is 18.1 Å². The standard InChI is InChI=1S/C33H54N2O6/c1-3-4-5-6-7-8-9-10-11-12-13-14-15-16-17-20-23-39-32(37)31-24-29(26-40-31)27-41-33(38)35(28(2)36)25-30-21-18-19-22-34-30/h18-19,21-22,29,31H,3-17,20,23-27H2,1-2H3/t29-,31+/m1/s1. The minimum absolute atomic E-state index is 0.0461. The predicted molar refractivity (Wildman–Crippen MR) is 160 cm³/mol. The van der Waals surface area contributed by atoms with Crippen molar-refractivity contribution in [2.75, 3.05) is 19.8 Å². The lowest BCUT2D eigenvalue weighted by Crippen LogP contribution is -2.36. The van der Waals surface area contributed by atoms with Crippen molar-refractivity contribution in [3.63, 3.8) is 0 Å². The van der Waals surface area contributed by atoms with Crippen LogP contribution in [0.1, 0.15) is 129 Å². The molecule has 0 spiro atoms. The lowest BCUT2D eigenvalue weighted by molar-refractivity contribution is -0.154. The van der Waals surface area contributed by atoms with Gasteiger partial charge in [-0.15, -0.1) is 0 Å². The molecule has 0 saturated carbocycles. The molecule has 1 aliphatic rings. The molecule has 0 aliphatic carbocycles. The Kier molecular flexibility index (Phi) is 18.8. The van der Waals surface area contributed by atoms with Crippen LogP contribution in [0.15, 0.2) is 24.4 Å². The largest absolute Gasteiger partial charge is 0.464 e. The first-order chi connectivity index (χ1) is 20.0. The van der Waals surface area contributed by atoms with Gasteiger partial charge in [0.05, 0.1) is 32.1 Å². The maximum atomic E-state index is 12.5. The van der Waals surface area contributed by atoms with E-state index in [0.29, 0.717) is 25.3 Å². The fourth-order valence-corrected chi connectivity index (χ4v) is 5.11. The third-order valence-electron chi connectivity index (χ3n) is 7.67. The highest BCUT2D eigenvalue weighted by Gasteiger charge is 2.33. The van der Waals surface area contributed by atoms with E-state index in [9.17, 15) is 14.4 Å². The Balaban J connectivity index is 1.43. The summed E-state index contributed by atoms with van der Waals surface area (Å²) in [5.41, 5.74) is 0.594. The van der Waals surface area contributed by atoms with Gasteiger partial charge in [-0.1, -0.05) is 109 Å². The average molecular weight is 575 g/mol. The van der Waals surface area contributed by atoms with Gasteiger partial charge in [-0.05, 0) is 25.0 Å². The lowest BCUT2D eigenvalue weighted by atomic mass is 10.0. The Hall–Kier alpha value is -2.48. The molecular weight excluding hydrogens is 520 g/mol. The third-order valence-corrected chi connectivity index (χ3v) is 7.67. The molecule has 0 unspecified atom stereocenters. The number of hydrogen-bond donors (Lipinski definition) is 0. The minimum Gasteiger partial charge on any atom is -0.464 e. The maximum absolute atomic E-state index is 12.5. The summed E-state index contributed by atoms with van der Waals surface area (Å²) in [5, 5.41) is 0. The van der Waals surface area contributed by atoms with Gasteiger partial charge in [0.25, 0.3) is 0 Å². The maximum Gasteiger partial charge on any atom is 0.416 e. The highest BCUT2D eigenvalue weighted by atomic mass is 16.6. The van der Waals surface area contributed by atoms with E-state index >= 15 is 0 Å². The third kappa shape index (κ3) is 15.9. The van der Waals surface area contributed by atoms with Gasteiger partial charge in [-0.3, -0.25) is 9.78 Å². The number of amides is 2. The molecule has 2 rings (SSSR count). The summed E-state index contributed by atoms with van der Waals surface area (Å²) >= 11 is 0. The van der Waals surface area contributed by atoms with Crippen molar-refractivity contribution in [3.8, 4) is 0 Å². The molecule has 0 bridgehead atoms. The van der Waals surface area contributed by atoms with Crippen molar-refractivity contribution in [2.45, 2.75) is 136 Å². The van der Waals surface area contributed by atoms with Gasteiger partial charge in [0, 0.05) is 19.0 Å². The summed E-state index contributed by atoms with van der Waals surface area (Å²) < 4.78 is 16.4. The number of unbranched alkanes of at least 4 members (excludes halogenated alkanes) is 15. The molecule has 41 heavy (non-hydrogen) atoms. The summed E-state index contributed by atoms with van der Waals surface area (Å²) in [6, 6.07) is 5.30.